The van der Waals surface area contributed by atoms with Crippen LogP contribution in [0.25, 0.3) is 0 Å². The van der Waals surface area contributed by atoms with E-state index in [4.69, 9.17) is 23.7 Å². The molecule has 2 rings (SSSR count). The van der Waals surface area contributed by atoms with Crippen molar-refractivity contribution in [1.29, 1.82) is 0 Å². The number of esters is 1. The van der Waals surface area contributed by atoms with Crippen molar-refractivity contribution >= 4 is 5.97 Å². The Morgan fingerprint density at radius 3 is 2.24 bits per heavy atom. The summed E-state index contributed by atoms with van der Waals surface area (Å²) < 4.78 is 26.8. The summed E-state index contributed by atoms with van der Waals surface area (Å²) in [5, 5.41) is 0. The molecule has 0 aliphatic carbocycles. The van der Waals surface area contributed by atoms with Crippen molar-refractivity contribution in [1.82, 2.24) is 0 Å². The summed E-state index contributed by atoms with van der Waals surface area (Å²) in [5.74, 6) is 1.25. The number of carbonyl (C=O) groups is 1. The van der Waals surface area contributed by atoms with E-state index < -0.39 is 5.97 Å². The van der Waals surface area contributed by atoms with Crippen molar-refractivity contribution in [3.63, 3.8) is 0 Å². The Labute approximate surface area is 147 Å². The van der Waals surface area contributed by atoms with Crippen LogP contribution in [0, 0.1) is 0 Å². The maximum absolute atomic E-state index is 12.5. The molecule has 25 heavy (non-hydrogen) atoms. The minimum Gasteiger partial charge on any atom is -0.493 e. The maximum atomic E-state index is 12.5. The Balaban J connectivity index is 2.22. The summed E-state index contributed by atoms with van der Waals surface area (Å²) in [6.07, 6.45) is 0. The van der Waals surface area contributed by atoms with Gasteiger partial charge >= 0.3 is 5.97 Å². The highest BCUT2D eigenvalue weighted by molar-refractivity contribution is 5.94. The fourth-order valence-corrected chi connectivity index (χ4v) is 2.40. The van der Waals surface area contributed by atoms with Crippen LogP contribution in [0.5, 0.6) is 23.0 Å². The van der Waals surface area contributed by atoms with E-state index in [1.165, 1.54) is 21.3 Å². The van der Waals surface area contributed by atoms with E-state index in [0.717, 1.165) is 5.56 Å². The number of hydrogen-bond acceptors (Lipinski definition) is 6. The fraction of sp³-hybridized carbons (Fsp3) is 0.316. The highest BCUT2D eigenvalue weighted by Crippen LogP contribution is 2.40. The summed E-state index contributed by atoms with van der Waals surface area (Å²) in [4.78, 5) is 12.5. The number of benzene rings is 2. The van der Waals surface area contributed by atoms with E-state index >= 15 is 0 Å². The van der Waals surface area contributed by atoms with Crippen molar-refractivity contribution in [3.05, 3.63) is 47.5 Å². The van der Waals surface area contributed by atoms with Crippen LogP contribution in [0.3, 0.4) is 0 Å². The summed E-state index contributed by atoms with van der Waals surface area (Å²) in [6.45, 7) is 2.53. The second-order valence-corrected chi connectivity index (χ2v) is 5.00. The first-order valence-electron chi connectivity index (χ1n) is 7.83. The molecule has 0 aromatic heterocycles. The average molecular weight is 346 g/mol. The molecule has 0 radical (unpaired) electrons. The molecule has 0 fully saturated rings. The maximum Gasteiger partial charge on any atom is 0.342 e. The van der Waals surface area contributed by atoms with Crippen molar-refractivity contribution in [2.75, 3.05) is 27.9 Å². The van der Waals surface area contributed by atoms with Crippen LogP contribution >= 0.6 is 0 Å². The molecule has 2 aromatic carbocycles. The summed E-state index contributed by atoms with van der Waals surface area (Å²) in [6, 6.07) is 10.6. The Hall–Kier alpha value is -2.89. The highest BCUT2D eigenvalue weighted by atomic mass is 16.5. The standard InChI is InChI=1S/C19H22O6/c1-5-24-15-9-7-6-8-13(15)12-25-19(20)14-10-11-16(21-2)18(23-4)17(14)22-3/h6-11H,5,12H2,1-4H3. The quantitative estimate of drug-likeness (QED) is 0.682. The van der Waals surface area contributed by atoms with Gasteiger partial charge in [-0.1, -0.05) is 18.2 Å². The molecular formula is C19H22O6. The molecule has 0 aliphatic rings. The molecule has 0 amide bonds. The lowest BCUT2D eigenvalue weighted by Gasteiger charge is -2.15. The van der Waals surface area contributed by atoms with Gasteiger partial charge in [0.05, 0.1) is 27.9 Å². The van der Waals surface area contributed by atoms with E-state index in [1.54, 1.807) is 12.1 Å². The van der Waals surface area contributed by atoms with Crippen LogP contribution in [-0.4, -0.2) is 33.9 Å². The SMILES string of the molecule is CCOc1ccccc1COC(=O)c1ccc(OC)c(OC)c1OC. The van der Waals surface area contributed by atoms with Gasteiger partial charge in [0, 0.05) is 5.56 Å². The van der Waals surface area contributed by atoms with Gasteiger partial charge in [-0.3, -0.25) is 0 Å². The van der Waals surface area contributed by atoms with E-state index in [1.807, 2.05) is 31.2 Å². The number of rotatable bonds is 8. The second kappa shape index (κ2) is 8.82. The topological polar surface area (TPSA) is 63.2 Å². The summed E-state index contributed by atoms with van der Waals surface area (Å²) >= 11 is 0. The molecule has 0 heterocycles. The highest BCUT2D eigenvalue weighted by Gasteiger charge is 2.22. The zero-order chi connectivity index (χ0) is 18.2. The molecule has 6 heteroatoms. The Morgan fingerprint density at radius 1 is 0.880 bits per heavy atom. The third-order valence-corrected chi connectivity index (χ3v) is 3.56. The number of para-hydroxylation sites is 1. The Bertz CT molecular complexity index is 726. The molecule has 0 saturated carbocycles. The first-order chi connectivity index (χ1) is 12.2. The van der Waals surface area contributed by atoms with Crippen LogP contribution in [-0.2, 0) is 11.3 Å². The minimum atomic E-state index is -0.524. The average Bonchev–Trinajstić information content (AvgIpc) is 2.65. The van der Waals surface area contributed by atoms with E-state index in [2.05, 4.69) is 0 Å². The van der Waals surface area contributed by atoms with Gasteiger partial charge in [-0.2, -0.15) is 0 Å². The Kier molecular flexibility index (Phi) is 6.51. The fourth-order valence-electron chi connectivity index (χ4n) is 2.40. The molecule has 0 aliphatic heterocycles. The van der Waals surface area contributed by atoms with Crippen LogP contribution < -0.4 is 18.9 Å². The first kappa shape index (κ1) is 18.4. The van der Waals surface area contributed by atoms with Crippen molar-refractivity contribution in [2.45, 2.75) is 13.5 Å². The number of hydrogen-bond donors (Lipinski definition) is 0. The van der Waals surface area contributed by atoms with Gasteiger partial charge in [-0.05, 0) is 25.1 Å². The Morgan fingerprint density at radius 2 is 1.60 bits per heavy atom. The normalized spacial score (nSPS) is 10.1. The van der Waals surface area contributed by atoms with Crippen LogP contribution in [0.15, 0.2) is 36.4 Å². The number of methoxy groups -OCH3 is 3. The van der Waals surface area contributed by atoms with Crippen LogP contribution in [0.4, 0.5) is 0 Å². The number of ether oxygens (including phenoxy) is 5. The van der Waals surface area contributed by atoms with E-state index in [9.17, 15) is 4.79 Å². The minimum absolute atomic E-state index is 0.0898. The second-order valence-electron chi connectivity index (χ2n) is 5.00. The van der Waals surface area contributed by atoms with Gasteiger partial charge in [0.15, 0.2) is 11.5 Å². The van der Waals surface area contributed by atoms with E-state index in [0.29, 0.717) is 23.9 Å². The largest absolute Gasteiger partial charge is 0.493 e. The van der Waals surface area contributed by atoms with E-state index in [-0.39, 0.29) is 17.9 Å². The van der Waals surface area contributed by atoms with Crippen molar-refractivity contribution < 1.29 is 28.5 Å². The van der Waals surface area contributed by atoms with Gasteiger partial charge in [0.2, 0.25) is 5.75 Å². The zero-order valence-electron chi connectivity index (χ0n) is 14.8. The van der Waals surface area contributed by atoms with Crippen LogP contribution in [0.1, 0.15) is 22.8 Å². The molecule has 0 atom stereocenters. The molecule has 0 N–H and O–H groups in total. The predicted octanol–water partition coefficient (Wildman–Crippen LogP) is 3.47. The summed E-state index contributed by atoms with van der Waals surface area (Å²) in [7, 11) is 4.45. The van der Waals surface area contributed by atoms with Gasteiger partial charge in [-0.25, -0.2) is 4.79 Å². The first-order valence-corrected chi connectivity index (χ1v) is 7.83. The molecule has 6 nitrogen and oxygen atoms in total. The van der Waals surface area contributed by atoms with Gasteiger partial charge in [0.1, 0.15) is 17.9 Å². The van der Waals surface area contributed by atoms with Gasteiger partial charge in [-0.15, -0.1) is 0 Å². The third-order valence-electron chi connectivity index (χ3n) is 3.56. The number of carbonyl (C=O) groups excluding carboxylic acids is 1. The van der Waals surface area contributed by atoms with Crippen molar-refractivity contribution in [2.24, 2.45) is 0 Å². The molecule has 0 spiro atoms. The van der Waals surface area contributed by atoms with Crippen molar-refractivity contribution in [3.8, 4) is 23.0 Å². The predicted molar refractivity (Wildman–Crippen MR) is 92.8 cm³/mol. The molecule has 0 saturated heterocycles. The lowest BCUT2D eigenvalue weighted by atomic mass is 10.1. The monoisotopic (exact) mass is 346 g/mol. The molecular weight excluding hydrogens is 324 g/mol. The molecule has 134 valence electrons. The smallest absolute Gasteiger partial charge is 0.342 e. The lowest BCUT2D eigenvalue weighted by molar-refractivity contribution is 0.0465. The summed E-state index contributed by atoms with van der Waals surface area (Å²) in [5.41, 5.74) is 1.05. The van der Waals surface area contributed by atoms with Gasteiger partial charge < -0.3 is 23.7 Å². The zero-order valence-corrected chi connectivity index (χ0v) is 14.8. The molecule has 0 bridgehead atoms. The molecule has 2 aromatic rings. The lowest BCUT2D eigenvalue weighted by Crippen LogP contribution is -2.09. The van der Waals surface area contributed by atoms with Gasteiger partial charge in [0.25, 0.3) is 0 Å². The van der Waals surface area contributed by atoms with Crippen LogP contribution in [0.2, 0.25) is 0 Å². The third kappa shape index (κ3) is 4.15. The molecule has 0 unspecified atom stereocenters.